The molecule has 1 saturated carbocycles. The first-order valence-electron chi connectivity index (χ1n) is 8.51. The van der Waals surface area contributed by atoms with E-state index in [9.17, 15) is 0 Å². The monoisotopic (exact) mass is 294 g/mol. The van der Waals surface area contributed by atoms with Crippen LogP contribution in [0.3, 0.4) is 0 Å². The number of hydrogen-bond acceptors (Lipinski definition) is 2. The maximum atomic E-state index is 6.06. The third kappa shape index (κ3) is 1.96. The molecule has 1 unspecified atom stereocenters. The zero-order chi connectivity index (χ0) is 14.6. The molecule has 3 heteroatoms. The summed E-state index contributed by atoms with van der Waals surface area (Å²) >= 11 is 0. The Labute approximate surface area is 130 Å². The Balaban J connectivity index is 1.25. The minimum Gasteiger partial charge on any atom is -0.361 e. The van der Waals surface area contributed by atoms with Gasteiger partial charge in [0.15, 0.2) is 5.72 Å². The van der Waals surface area contributed by atoms with E-state index < -0.39 is 0 Å². The summed E-state index contributed by atoms with van der Waals surface area (Å²) in [7, 11) is 0. The Bertz CT molecular complexity index is 716. The molecule has 2 fully saturated rings. The van der Waals surface area contributed by atoms with Crippen molar-refractivity contribution in [3.63, 3.8) is 0 Å². The highest BCUT2D eigenvalue weighted by Gasteiger charge is 2.61. The molecule has 0 bridgehead atoms. The fourth-order valence-corrected chi connectivity index (χ4v) is 4.60. The minimum absolute atomic E-state index is 0.0907. The first kappa shape index (κ1) is 12.9. The van der Waals surface area contributed by atoms with Gasteiger partial charge in [-0.2, -0.15) is 5.06 Å². The molecule has 114 valence electrons. The van der Waals surface area contributed by atoms with Gasteiger partial charge in [0.1, 0.15) is 0 Å². The molecule has 0 amide bonds. The molecule has 22 heavy (non-hydrogen) atoms. The van der Waals surface area contributed by atoms with E-state index in [2.05, 4.69) is 52.7 Å². The summed E-state index contributed by atoms with van der Waals surface area (Å²) in [6.45, 7) is 1.01. The van der Waals surface area contributed by atoms with E-state index in [4.69, 9.17) is 4.84 Å². The predicted molar refractivity (Wildman–Crippen MR) is 87.1 cm³/mol. The predicted octanol–water partition coefficient (Wildman–Crippen LogP) is 4.03. The van der Waals surface area contributed by atoms with Crippen molar-refractivity contribution in [2.75, 3.05) is 6.54 Å². The standard InChI is InChI=1S/C19H22N2O/c1-2-6-15-12-19(11-14(15)5-1)21(22-19)10-9-16-13-20-18-8-4-3-7-17(16)18/h1-4,7-8,13-15,20H,5-6,9-12H2/t14-,15-,21?/m0/s1. The topological polar surface area (TPSA) is 31.3 Å². The lowest BCUT2D eigenvalue weighted by atomic mass is 9.86. The van der Waals surface area contributed by atoms with Gasteiger partial charge in [-0.15, -0.1) is 0 Å². The van der Waals surface area contributed by atoms with Crippen molar-refractivity contribution in [3.05, 3.63) is 48.2 Å². The molecule has 1 N–H and O–H groups in total. The number of H-pyrrole nitrogens is 1. The van der Waals surface area contributed by atoms with E-state index in [1.54, 1.807) is 0 Å². The molecule has 2 heterocycles. The summed E-state index contributed by atoms with van der Waals surface area (Å²) in [5, 5.41) is 3.61. The normalized spacial score (nSPS) is 31.7. The summed E-state index contributed by atoms with van der Waals surface area (Å²) in [5.74, 6) is 1.70. The van der Waals surface area contributed by atoms with Crippen LogP contribution in [0.4, 0.5) is 0 Å². The third-order valence-corrected chi connectivity index (χ3v) is 5.83. The molecule has 3 atom stereocenters. The summed E-state index contributed by atoms with van der Waals surface area (Å²) in [6, 6.07) is 8.54. The number of hydroxylamine groups is 2. The van der Waals surface area contributed by atoms with Gasteiger partial charge in [0.25, 0.3) is 0 Å². The molecule has 1 aromatic carbocycles. The van der Waals surface area contributed by atoms with Crippen LogP contribution in [-0.2, 0) is 11.3 Å². The molecule has 1 aliphatic heterocycles. The molecule has 5 rings (SSSR count). The highest BCUT2D eigenvalue weighted by Crippen LogP contribution is 2.56. The van der Waals surface area contributed by atoms with Crippen LogP contribution >= 0.6 is 0 Å². The number of aromatic amines is 1. The Kier molecular flexibility index (Phi) is 2.76. The van der Waals surface area contributed by atoms with Gasteiger partial charge in [0.05, 0.1) is 0 Å². The third-order valence-electron chi connectivity index (χ3n) is 5.83. The minimum atomic E-state index is 0.0907. The number of nitrogens with zero attached hydrogens (tertiary/aromatic N) is 1. The summed E-state index contributed by atoms with van der Waals surface area (Å²) < 4.78 is 0. The second kappa shape index (κ2) is 4.71. The van der Waals surface area contributed by atoms with Gasteiger partial charge in [0.2, 0.25) is 0 Å². The maximum absolute atomic E-state index is 6.06. The Morgan fingerprint density at radius 1 is 1.14 bits per heavy atom. The van der Waals surface area contributed by atoms with Crippen LogP contribution in [0.5, 0.6) is 0 Å². The number of rotatable bonds is 3. The van der Waals surface area contributed by atoms with Crippen LogP contribution in [-0.4, -0.2) is 22.3 Å². The van der Waals surface area contributed by atoms with Crippen molar-refractivity contribution in [2.45, 2.75) is 37.8 Å². The van der Waals surface area contributed by atoms with Crippen LogP contribution in [0, 0.1) is 11.8 Å². The molecular formula is C19H22N2O. The molecule has 0 radical (unpaired) electrons. The van der Waals surface area contributed by atoms with Crippen molar-refractivity contribution < 1.29 is 4.84 Å². The Morgan fingerprint density at radius 2 is 1.91 bits per heavy atom. The van der Waals surface area contributed by atoms with Gasteiger partial charge in [0, 0.05) is 23.6 Å². The zero-order valence-electron chi connectivity index (χ0n) is 12.8. The summed E-state index contributed by atoms with van der Waals surface area (Å²) in [5.41, 5.74) is 2.73. The average molecular weight is 294 g/mol. The number of nitrogens with one attached hydrogen (secondary N) is 1. The van der Waals surface area contributed by atoms with Gasteiger partial charge in [-0.1, -0.05) is 30.4 Å². The van der Waals surface area contributed by atoms with Crippen molar-refractivity contribution in [2.24, 2.45) is 11.8 Å². The quantitative estimate of drug-likeness (QED) is 0.684. The smallest absolute Gasteiger partial charge is 0.165 e. The SMILES string of the molecule is C1=CC[C@H]2CC3(C[C@@H]2C1)ON3CCc1c[nH]c2ccccc12. The highest BCUT2D eigenvalue weighted by molar-refractivity contribution is 5.83. The maximum Gasteiger partial charge on any atom is 0.165 e. The number of aromatic nitrogens is 1. The first-order valence-corrected chi connectivity index (χ1v) is 8.51. The fraction of sp³-hybridized carbons (Fsp3) is 0.474. The number of hydrogen-bond donors (Lipinski definition) is 1. The Morgan fingerprint density at radius 3 is 2.73 bits per heavy atom. The molecular weight excluding hydrogens is 272 g/mol. The summed E-state index contributed by atoms with van der Waals surface area (Å²) in [4.78, 5) is 9.43. The van der Waals surface area contributed by atoms with Gasteiger partial charge < -0.3 is 4.98 Å². The number of fused-ring (bicyclic) bond motifs is 2. The van der Waals surface area contributed by atoms with Crippen LogP contribution in [0.2, 0.25) is 0 Å². The number of para-hydroxylation sites is 1. The Hall–Kier alpha value is -1.58. The molecule has 1 aromatic heterocycles. The zero-order valence-corrected chi connectivity index (χ0v) is 12.8. The molecule has 1 saturated heterocycles. The van der Waals surface area contributed by atoms with E-state index in [-0.39, 0.29) is 5.72 Å². The number of benzene rings is 1. The lowest BCUT2D eigenvalue weighted by Crippen LogP contribution is -2.17. The van der Waals surface area contributed by atoms with E-state index in [1.165, 1.54) is 42.1 Å². The molecule has 3 nitrogen and oxygen atoms in total. The van der Waals surface area contributed by atoms with E-state index in [0.717, 1.165) is 24.8 Å². The van der Waals surface area contributed by atoms with Gasteiger partial charge in [-0.05, 0) is 55.6 Å². The molecule has 2 aromatic rings. The van der Waals surface area contributed by atoms with Crippen LogP contribution in [0.25, 0.3) is 10.9 Å². The van der Waals surface area contributed by atoms with Crippen molar-refractivity contribution in [1.29, 1.82) is 0 Å². The largest absolute Gasteiger partial charge is 0.361 e. The van der Waals surface area contributed by atoms with Crippen LogP contribution in [0.1, 0.15) is 31.2 Å². The van der Waals surface area contributed by atoms with E-state index in [0.29, 0.717) is 0 Å². The summed E-state index contributed by atoms with van der Waals surface area (Å²) in [6.07, 6.45) is 12.9. The van der Waals surface area contributed by atoms with Gasteiger partial charge in [-0.3, -0.25) is 4.84 Å². The second-order valence-corrected chi connectivity index (χ2v) is 7.12. The van der Waals surface area contributed by atoms with Crippen molar-refractivity contribution >= 4 is 10.9 Å². The van der Waals surface area contributed by atoms with Crippen LogP contribution in [0.15, 0.2) is 42.6 Å². The lowest BCUT2D eigenvalue weighted by molar-refractivity contribution is 0.193. The molecule has 3 aliphatic rings. The van der Waals surface area contributed by atoms with E-state index in [1.807, 2.05) is 0 Å². The molecule has 2 aliphatic carbocycles. The van der Waals surface area contributed by atoms with E-state index >= 15 is 0 Å². The average Bonchev–Trinajstić information content (AvgIpc) is 2.92. The second-order valence-electron chi connectivity index (χ2n) is 7.12. The van der Waals surface area contributed by atoms with Gasteiger partial charge in [-0.25, -0.2) is 0 Å². The van der Waals surface area contributed by atoms with Gasteiger partial charge >= 0.3 is 0 Å². The molecule has 1 spiro atoms. The van der Waals surface area contributed by atoms with Crippen LogP contribution < -0.4 is 0 Å². The first-order chi connectivity index (χ1) is 10.8. The van der Waals surface area contributed by atoms with Crippen molar-refractivity contribution in [1.82, 2.24) is 10.0 Å². The highest BCUT2D eigenvalue weighted by atomic mass is 16.9. The lowest BCUT2D eigenvalue weighted by Gasteiger charge is -2.18. The fourth-order valence-electron chi connectivity index (χ4n) is 4.60. The number of allylic oxidation sites excluding steroid dienone is 2. The van der Waals surface area contributed by atoms with Crippen molar-refractivity contribution in [3.8, 4) is 0 Å².